The van der Waals surface area contributed by atoms with Gasteiger partial charge in [-0.3, -0.25) is 0 Å². The first-order chi connectivity index (χ1) is 32.4. The summed E-state index contributed by atoms with van der Waals surface area (Å²) in [5.41, 5.74) is 4.08. The number of hydrogen-bond acceptors (Lipinski definition) is 11. The third-order valence-electron chi connectivity index (χ3n) is 12.0. The zero-order chi connectivity index (χ0) is 45.9. The predicted octanol–water partition coefficient (Wildman–Crippen LogP) is 7.92. The van der Waals surface area contributed by atoms with E-state index < -0.39 is 54.9 Å². The van der Waals surface area contributed by atoms with Crippen molar-refractivity contribution in [3.63, 3.8) is 0 Å². The van der Waals surface area contributed by atoms with Crippen molar-refractivity contribution in [3.05, 3.63) is 179 Å². The summed E-state index contributed by atoms with van der Waals surface area (Å²) < 4.78 is 64.0. The van der Waals surface area contributed by atoms with E-state index in [4.69, 9.17) is 37.9 Å². The molecule has 1 N–H and O–H groups in total. The third-order valence-corrected chi connectivity index (χ3v) is 13.4. The van der Waals surface area contributed by atoms with Gasteiger partial charge in [-0.2, -0.15) is 0 Å². The maximum atomic E-state index is 13.9. The number of nitrogens with zero attached hydrogens (tertiary/aromatic N) is 1. The number of rotatable bonds is 23. The number of ether oxygens (including phenoxy) is 8. The van der Waals surface area contributed by atoms with E-state index in [1.165, 1.54) is 11.8 Å². The summed E-state index contributed by atoms with van der Waals surface area (Å²) in [5.74, 6) is -0.298. The number of benzene rings is 5. The molecule has 0 aliphatic carbocycles. The summed E-state index contributed by atoms with van der Waals surface area (Å²) in [4.78, 5) is 15.4. The van der Waals surface area contributed by atoms with Gasteiger partial charge in [0.25, 0.3) is 0 Å². The molecule has 7 rings (SSSR count). The Labute approximate surface area is 391 Å². The summed E-state index contributed by atoms with van der Waals surface area (Å²) in [5, 5.41) is 11.9. The van der Waals surface area contributed by atoms with Crippen LogP contribution in [-0.2, 0) is 75.6 Å². The van der Waals surface area contributed by atoms with E-state index in [0.717, 1.165) is 34.9 Å². The van der Waals surface area contributed by atoms with Crippen LogP contribution in [0, 0.1) is 11.8 Å². The van der Waals surface area contributed by atoms with Crippen molar-refractivity contribution in [1.29, 1.82) is 0 Å². The average Bonchev–Trinajstić information content (AvgIpc) is 3.36. The van der Waals surface area contributed by atoms with E-state index in [9.17, 15) is 14.6 Å². The van der Waals surface area contributed by atoms with Crippen molar-refractivity contribution in [1.82, 2.24) is 4.90 Å². The topological polar surface area (TPSA) is 131 Å². The van der Waals surface area contributed by atoms with Gasteiger partial charge in [0.05, 0.1) is 6.61 Å². The molecule has 2 saturated heterocycles. The molecule has 2 fully saturated rings. The molecule has 12 nitrogen and oxygen atoms in total. The van der Waals surface area contributed by atoms with E-state index in [2.05, 4.69) is 13.8 Å². The van der Waals surface area contributed by atoms with Gasteiger partial charge in [0.15, 0.2) is 0 Å². The van der Waals surface area contributed by atoms with Crippen LogP contribution in [-0.4, -0.2) is 98.7 Å². The van der Waals surface area contributed by atoms with Gasteiger partial charge in [0.1, 0.15) is 6.61 Å². The molecule has 5 unspecified atom stereocenters. The van der Waals surface area contributed by atoms with Crippen LogP contribution in [0.1, 0.15) is 41.7 Å². The number of amides is 1. The average molecular weight is 915 g/mol. The van der Waals surface area contributed by atoms with Crippen LogP contribution < -0.4 is 0 Å². The Morgan fingerprint density at radius 3 is 1.64 bits per heavy atom. The summed E-state index contributed by atoms with van der Waals surface area (Å²) in [6.45, 7) is 7.01. The van der Waals surface area contributed by atoms with Crippen molar-refractivity contribution in [2.45, 2.75) is 95.6 Å². The molecule has 2 heterocycles. The number of aliphatic hydroxyl groups excluding tert-OH is 1. The van der Waals surface area contributed by atoms with E-state index in [0.29, 0.717) is 13.2 Å². The molecule has 0 bridgehead atoms. The zero-order valence-electron chi connectivity index (χ0n) is 37.5. The maximum absolute atomic E-state index is 13.9. The van der Waals surface area contributed by atoms with Crippen molar-refractivity contribution >= 4 is 28.5 Å². The van der Waals surface area contributed by atoms with Gasteiger partial charge >= 0.3 is 262 Å². The van der Waals surface area contributed by atoms with Crippen LogP contribution in [0.5, 0.6) is 0 Å². The van der Waals surface area contributed by atoms with Crippen LogP contribution in [0.4, 0.5) is 4.79 Å². The van der Waals surface area contributed by atoms with Gasteiger partial charge < -0.3 is 4.74 Å². The van der Waals surface area contributed by atoms with Gasteiger partial charge in [0.2, 0.25) is 0 Å². The number of aliphatic hydroxyl groups is 1. The van der Waals surface area contributed by atoms with Crippen LogP contribution in [0.15, 0.2) is 152 Å². The van der Waals surface area contributed by atoms with Crippen LogP contribution in [0.3, 0.4) is 0 Å². The Kier molecular flexibility index (Phi) is 19.5. The van der Waals surface area contributed by atoms with Crippen LogP contribution >= 0.6 is 8.46 Å². The molecule has 1 radical (unpaired) electrons. The minimum atomic E-state index is -1.06. The molecule has 2 aliphatic rings. The van der Waals surface area contributed by atoms with E-state index in [1.807, 2.05) is 152 Å². The van der Waals surface area contributed by atoms with Gasteiger partial charge in [0, 0.05) is 0 Å². The number of carbonyl (C=O) groups excluding carboxylic acids is 1. The summed E-state index contributed by atoms with van der Waals surface area (Å²) in [7, 11) is 0.623. The van der Waals surface area contributed by atoms with Crippen LogP contribution in [0.2, 0.25) is 0 Å². The Hall–Kier alpha value is -4.59. The second-order valence-electron chi connectivity index (χ2n) is 16.7. The van der Waals surface area contributed by atoms with Crippen molar-refractivity contribution in [2.75, 3.05) is 19.9 Å². The molecule has 5 aromatic rings. The SMILES string of the molecule is C[C@@H]1C(COCc2ccccc2)O[C@H](OCN(Cc2ccccc2)C(=O)OCc2ccccc2)C(O[C@H]2OC(COCc3ccccc3)[C@@H](O)[C@H](P[B]B=O)C2OCc2ccccc2)[C@H]1C. The Morgan fingerprint density at radius 2 is 1.09 bits per heavy atom. The fourth-order valence-corrected chi connectivity index (χ4v) is 9.22. The van der Waals surface area contributed by atoms with Crippen molar-refractivity contribution in [3.8, 4) is 0 Å². The second kappa shape index (κ2) is 26.1. The standard InChI is InChI=1S/C51H59B2NO11P/c1-36-37(2)46(65-50-47(60-31-41-24-14-6-15-25-41)48(66-53-52-57)45(55)44(64-50)34-59-30-40-22-12-5-13-23-40)49(63-43(36)33-58-29-39-20-10-4-11-21-39)62-35-54(28-38-18-8-3-9-19-38)51(56)61-32-42-26-16-7-17-27-42/h3-27,36-37,43-50,55,66H,28-35H2,1-2H3/t36-,37-,43?,44?,45+,46?,47?,48-,49-,50+/m0/s1. The van der Waals surface area contributed by atoms with Gasteiger partial charge in [-0.25, -0.2) is 4.79 Å². The fraction of sp³-hybridized carbons (Fsp3) is 0.392. The molecule has 0 spiro atoms. The molecule has 1 amide bonds. The Balaban J connectivity index is 1.15. The molecule has 5 aromatic carbocycles. The van der Waals surface area contributed by atoms with Gasteiger partial charge in [-0.05, 0) is 16.7 Å². The molecule has 0 saturated carbocycles. The van der Waals surface area contributed by atoms with E-state index >= 15 is 0 Å². The monoisotopic (exact) mass is 914 g/mol. The predicted molar refractivity (Wildman–Crippen MR) is 253 cm³/mol. The number of carbonyl (C=O) groups is 1. The summed E-state index contributed by atoms with van der Waals surface area (Å²) in [6.07, 6.45) is -6.52. The number of hydrogen-bond donors (Lipinski definition) is 1. The molecule has 345 valence electrons. The van der Waals surface area contributed by atoms with Crippen molar-refractivity contribution in [2.24, 2.45) is 11.8 Å². The molecule has 0 aromatic heterocycles. The first-order valence-electron chi connectivity index (χ1n) is 22.5. The molecular weight excluding hydrogens is 855 g/mol. The Morgan fingerprint density at radius 1 is 0.606 bits per heavy atom. The molecular formula is C51H59B2NO11P. The minimum absolute atomic E-state index is 0.0524. The summed E-state index contributed by atoms with van der Waals surface area (Å²) in [6, 6.07) is 48.6. The van der Waals surface area contributed by atoms with Gasteiger partial charge in [-0.15, -0.1) is 0 Å². The quantitative estimate of drug-likeness (QED) is 0.0390. The third kappa shape index (κ3) is 14.5. The van der Waals surface area contributed by atoms with Crippen molar-refractivity contribution < 1.29 is 52.5 Å². The van der Waals surface area contributed by atoms with Gasteiger partial charge in [-0.1, -0.05) is 91.0 Å². The molecule has 66 heavy (non-hydrogen) atoms. The molecule has 11 atom stereocenters. The Bertz CT molecular complexity index is 2150. The zero-order valence-corrected chi connectivity index (χ0v) is 38.5. The van der Waals surface area contributed by atoms with Crippen LogP contribution in [0.25, 0.3) is 0 Å². The van der Waals surface area contributed by atoms with E-state index in [1.54, 1.807) is 0 Å². The second-order valence-corrected chi connectivity index (χ2v) is 18.0. The molecule has 15 heteroatoms. The summed E-state index contributed by atoms with van der Waals surface area (Å²) >= 11 is 0. The first-order valence-corrected chi connectivity index (χ1v) is 23.7. The van der Waals surface area contributed by atoms with E-state index in [-0.39, 0.29) is 60.0 Å². The first kappa shape index (κ1) is 49.3. The normalized spacial score (nSPS) is 25.3. The fourth-order valence-electron chi connectivity index (χ4n) is 8.07. The molecule has 2 aliphatic heterocycles.